The molecule has 0 heterocycles. The smallest absolute Gasteiger partial charge is 0.330 e. The minimum atomic E-state index is -0.421. The zero-order valence-corrected chi connectivity index (χ0v) is 7.26. The molecule has 0 saturated heterocycles. The minimum absolute atomic E-state index is 0.344. The van der Waals surface area contributed by atoms with E-state index in [0.717, 1.165) is 0 Å². The summed E-state index contributed by atoms with van der Waals surface area (Å²) in [6.07, 6.45) is 2.90. The van der Waals surface area contributed by atoms with Gasteiger partial charge >= 0.3 is 5.97 Å². The van der Waals surface area contributed by atoms with Gasteiger partial charge in [0.15, 0.2) is 0 Å². The van der Waals surface area contributed by atoms with E-state index in [0.29, 0.717) is 6.54 Å². The molecule has 0 rings (SSSR count). The Bertz CT molecular complexity index is 156. The van der Waals surface area contributed by atoms with E-state index in [1.807, 2.05) is 20.8 Å². The normalized spacial score (nSPS) is 12.0. The Labute approximate surface area is 67.2 Å². The van der Waals surface area contributed by atoms with Gasteiger partial charge in [-0.1, -0.05) is 6.08 Å². The summed E-state index contributed by atoms with van der Waals surface area (Å²) < 4.78 is 4.96. The van der Waals surface area contributed by atoms with Crippen LogP contribution in [0.5, 0.6) is 0 Å². The lowest BCUT2D eigenvalue weighted by atomic mass is 10.2. The molecule has 0 aliphatic carbocycles. The summed E-state index contributed by atoms with van der Waals surface area (Å²) in [4.78, 5) is 10.9. The van der Waals surface area contributed by atoms with E-state index in [1.54, 1.807) is 6.08 Å². The molecule has 0 spiro atoms. The summed E-state index contributed by atoms with van der Waals surface area (Å²) in [7, 11) is 0. The largest absolute Gasteiger partial charge is 0.457 e. The SMILES string of the molecule is CC(C)(C)OC(=O)/C=C/CN. The van der Waals surface area contributed by atoms with Crippen LogP contribution in [0.2, 0.25) is 0 Å². The van der Waals surface area contributed by atoms with Crippen molar-refractivity contribution >= 4 is 5.97 Å². The molecule has 0 saturated carbocycles. The molecule has 0 atom stereocenters. The third-order valence-corrected chi connectivity index (χ3v) is 0.797. The van der Waals surface area contributed by atoms with E-state index in [-0.39, 0.29) is 5.97 Å². The average molecular weight is 157 g/mol. The standard InChI is InChI=1S/C8H15NO2/c1-8(2,3)11-7(10)5-4-6-9/h4-5H,6,9H2,1-3H3/b5-4+. The Morgan fingerprint density at radius 1 is 1.55 bits per heavy atom. The number of nitrogens with two attached hydrogens (primary N) is 1. The van der Waals surface area contributed by atoms with Crippen LogP contribution in [0.1, 0.15) is 20.8 Å². The van der Waals surface area contributed by atoms with Gasteiger partial charge in [-0.05, 0) is 20.8 Å². The van der Waals surface area contributed by atoms with Crippen molar-refractivity contribution in [2.45, 2.75) is 26.4 Å². The zero-order valence-electron chi connectivity index (χ0n) is 7.26. The predicted molar refractivity (Wildman–Crippen MR) is 44.0 cm³/mol. The molecule has 0 aromatic rings. The average Bonchev–Trinajstić information content (AvgIpc) is 1.79. The summed E-state index contributed by atoms with van der Waals surface area (Å²) in [6.45, 7) is 5.82. The molecule has 64 valence electrons. The van der Waals surface area contributed by atoms with Crippen molar-refractivity contribution in [2.75, 3.05) is 6.54 Å². The Balaban J connectivity index is 3.80. The molecular formula is C8H15NO2. The number of carbonyl (C=O) groups excluding carboxylic acids is 1. The number of hydrogen-bond donors (Lipinski definition) is 1. The fourth-order valence-electron chi connectivity index (χ4n) is 0.500. The van der Waals surface area contributed by atoms with Gasteiger partial charge in [-0.2, -0.15) is 0 Å². The highest BCUT2D eigenvalue weighted by Gasteiger charge is 2.13. The van der Waals surface area contributed by atoms with Gasteiger partial charge in [0.1, 0.15) is 5.60 Å². The molecule has 0 amide bonds. The highest BCUT2D eigenvalue weighted by molar-refractivity contribution is 5.82. The molecule has 0 aromatic carbocycles. The van der Waals surface area contributed by atoms with Crippen LogP contribution in [0.25, 0.3) is 0 Å². The van der Waals surface area contributed by atoms with Gasteiger partial charge in [0, 0.05) is 12.6 Å². The highest BCUT2D eigenvalue weighted by Crippen LogP contribution is 2.06. The molecule has 11 heavy (non-hydrogen) atoms. The first kappa shape index (κ1) is 10.2. The number of ether oxygens (including phenoxy) is 1. The Morgan fingerprint density at radius 2 is 2.09 bits per heavy atom. The van der Waals surface area contributed by atoms with Crippen molar-refractivity contribution in [2.24, 2.45) is 5.73 Å². The van der Waals surface area contributed by atoms with E-state index in [1.165, 1.54) is 6.08 Å². The summed E-state index contributed by atoms with van der Waals surface area (Å²) in [5, 5.41) is 0. The maximum Gasteiger partial charge on any atom is 0.330 e. The summed E-state index contributed by atoms with van der Waals surface area (Å²) in [5.41, 5.74) is 4.73. The maximum atomic E-state index is 10.9. The van der Waals surface area contributed by atoms with Crippen LogP contribution in [-0.2, 0) is 9.53 Å². The molecule has 0 bridgehead atoms. The monoisotopic (exact) mass is 157 g/mol. The minimum Gasteiger partial charge on any atom is -0.457 e. The molecule has 2 N–H and O–H groups in total. The number of esters is 1. The van der Waals surface area contributed by atoms with Crippen LogP contribution in [0.3, 0.4) is 0 Å². The van der Waals surface area contributed by atoms with Crippen molar-refractivity contribution in [3.63, 3.8) is 0 Å². The molecular weight excluding hydrogens is 142 g/mol. The Kier molecular flexibility index (Phi) is 3.82. The summed E-state index contributed by atoms with van der Waals surface area (Å²) in [6, 6.07) is 0. The Morgan fingerprint density at radius 3 is 2.45 bits per heavy atom. The molecule has 0 aromatic heterocycles. The second kappa shape index (κ2) is 4.13. The molecule has 3 heteroatoms. The first-order valence-corrected chi connectivity index (χ1v) is 3.55. The quantitative estimate of drug-likeness (QED) is 0.477. The van der Waals surface area contributed by atoms with Crippen LogP contribution < -0.4 is 5.73 Å². The lowest BCUT2D eigenvalue weighted by molar-refractivity contribution is -0.148. The van der Waals surface area contributed by atoms with Crippen LogP contribution in [-0.4, -0.2) is 18.1 Å². The molecule has 0 aliphatic rings. The first-order chi connectivity index (χ1) is 4.95. The van der Waals surface area contributed by atoms with Gasteiger partial charge in [0.2, 0.25) is 0 Å². The second-order valence-corrected chi connectivity index (χ2v) is 3.17. The predicted octanol–water partition coefficient (Wildman–Crippen LogP) is 0.843. The molecule has 0 aliphatic heterocycles. The van der Waals surface area contributed by atoms with E-state index in [4.69, 9.17) is 10.5 Å². The van der Waals surface area contributed by atoms with Crippen molar-refractivity contribution in [1.82, 2.24) is 0 Å². The summed E-state index contributed by atoms with van der Waals surface area (Å²) in [5.74, 6) is -0.344. The third kappa shape index (κ3) is 7.06. The topological polar surface area (TPSA) is 52.3 Å². The van der Waals surface area contributed by atoms with Crippen molar-refractivity contribution in [3.8, 4) is 0 Å². The van der Waals surface area contributed by atoms with E-state index in [2.05, 4.69) is 0 Å². The Hall–Kier alpha value is -0.830. The zero-order chi connectivity index (χ0) is 8.91. The number of hydrogen-bond acceptors (Lipinski definition) is 3. The summed E-state index contributed by atoms with van der Waals surface area (Å²) >= 11 is 0. The lowest BCUT2D eigenvalue weighted by Gasteiger charge is -2.17. The van der Waals surface area contributed by atoms with Gasteiger partial charge in [-0.25, -0.2) is 4.79 Å². The van der Waals surface area contributed by atoms with Crippen molar-refractivity contribution in [3.05, 3.63) is 12.2 Å². The third-order valence-electron chi connectivity index (χ3n) is 0.797. The van der Waals surface area contributed by atoms with Crippen LogP contribution in [0.15, 0.2) is 12.2 Å². The number of rotatable bonds is 2. The fraction of sp³-hybridized carbons (Fsp3) is 0.625. The molecule has 3 nitrogen and oxygen atoms in total. The van der Waals surface area contributed by atoms with E-state index in [9.17, 15) is 4.79 Å². The number of carbonyl (C=O) groups is 1. The highest BCUT2D eigenvalue weighted by atomic mass is 16.6. The van der Waals surface area contributed by atoms with Gasteiger partial charge in [0.25, 0.3) is 0 Å². The van der Waals surface area contributed by atoms with Crippen molar-refractivity contribution in [1.29, 1.82) is 0 Å². The maximum absolute atomic E-state index is 10.9. The van der Waals surface area contributed by atoms with E-state index < -0.39 is 5.60 Å². The van der Waals surface area contributed by atoms with Gasteiger partial charge in [-0.15, -0.1) is 0 Å². The van der Waals surface area contributed by atoms with Crippen LogP contribution >= 0.6 is 0 Å². The second-order valence-electron chi connectivity index (χ2n) is 3.17. The first-order valence-electron chi connectivity index (χ1n) is 3.55. The van der Waals surface area contributed by atoms with Gasteiger partial charge < -0.3 is 10.5 Å². The fourth-order valence-corrected chi connectivity index (χ4v) is 0.500. The molecule has 0 fully saturated rings. The van der Waals surface area contributed by atoms with Gasteiger partial charge in [-0.3, -0.25) is 0 Å². The van der Waals surface area contributed by atoms with E-state index >= 15 is 0 Å². The lowest BCUT2D eigenvalue weighted by Crippen LogP contribution is -2.22. The van der Waals surface area contributed by atoms with Crippen LogP contribution in [0, 0.1) is 0 Å². The molecule has 0 unspecified atom stereocenters. The van der Waals surface area contributed by atoms with Crippen molar-refractivity contribution < 1.29 is 9.53 Å². The van der Waals surface area contributed by atoms with Gasteiger partial charge in [0.05, 0.1) is 0 Å². The van der Waals surface area contributed by atoms with Crippen LogP contribution in [0.4, 0.5) is 0 Å². The molecule has 0 radical (unpaired) electrons.